The van der Waals surface area contributed by atoms with Crippen molar-refractivity contribution in [2.75, 3.05) is 5.73 Å². The topological polar surface area (TPSA) is 48.8 Å². The van der Waals surface area contributed by atoms with Crippen LogP contribution in [-0.4, -0.2) is 14.1 Å². The average Bonchev–Trinajstić information content (AvgIpc) is 3.25. The molecule has 0 saturated heterocycles. The minimum absolute atomic E-state index is 0.428. The number of nitrogens with two attached hydrogens (primary N) is 1. The Morgan fingerprint density at radius 2 is 1.19 bits per heavy atom. The maximum atomic E-state index is 6.99. The van der Waals surface area contributed by atoms with E-state index in [1.165, 1.54) is 5.56 Å². The zero-order valence-electron chi connectivity index (χ0n) is 19.6. The number of anilines is 1. The van der Waals surface area contributed by atoms with Crippen LogP contribution in [0.15, 0.2) is 121 Å². The van der Waals surface area contributed by atoms with Gasteiger partial charge in [-0.3, -0.25) is 4.57 Å². The van der Waals surface area contributed by atoms with Gasteiger partial charge in [0.1, 0.15) is 11.5 Å². The first-order chi connectivity index (χ1) is 17.7. The molecule has 0 atom stereocenters. The molecule has 36 heavy (non-hydrogen) atoms. The molecule has 0 bridgehead atoms. The first kappa shape index (κ1) is 22.0. The molecule has 2 heterocycles. The number of nitrogens with zero attached hydrogens (tertiary/aromatic N) is 3. The molecule has 4 nitrogen and oxygen atoms in total. The summed E-state index contributed by atoms with van der Waals surface area (Å²) < 4.78 is 4.55. The van der Waals surface area contributed by atoms with E-state index in [9.17, 15) is 0 Å². The summed E-state index contributed by atoms with van der Waals surface area (Å²) in [7, 11) is 0. The summed E-state index contributed by atoms with van der Waals surface area (Å²) in [5.74, 6) is 0.582. The summed E-state index contributed by atoms with van der Waals surface area (Å²) in [6.07, 6.45) is 0. The Morgan fingerprint density at radius 3 is 1.81 bits per heavy atom. The predicted molar refractivity (Wildman–Crippen MR) is 151 cm³/mol. The minimum atomic E-state index is 0.428. The van der Waals surface area contributed by atoms with Gasteiger partial charge in [-0.05, 0) is 41.0 Å². The Morgan fingerprint density at radius 1 is 0.667 bits per heavy atom. The number of hydrogen-bond donors (Lipinski definition) is 1. The number of para-hydroxylation sites is 1. The smallest absolute Gasteiger partial charge is 0.207 e. The van der Waals surface area contributed by atoms with E-state index in [1.54, 1.807) is 0 Å². The molecule has 0 fully saturated rings. The van der Waals surface area contributed by atoms with Crippen molar-refractivity contribution in [1.82, 2.24) is 14.1 Å². The summed E-state index contributed by atoms with van der Waals surface area (Å²) in [5, 5.41) is 0.897. The second-order valence-corrected chi connectivity index (χ2v) is 9.04. The minimum Gasteiger partial charge on any atom is -0.384 e. The summed E-state index contributed by atoms with van der Waals surface area (Å²) in [6, 6.07) is 41.2. The predicted octanol–water partition coefficient (Wildman–Crippen LogP) is 7.52. The largest absolute Gasteiger partial charge is 0.384 e. The first-order valence-corrected chi connectivity index (χ1v) is 12.3. The molecule has 0 aliphatic rings. The lowest BCUT2D eigenvalue weighted by Crippen LogP contribution is -2.09. The number of benzene rings is 4. The highest BCUT2D eigenvalue weighted by molar-refractivity contribution is 7.71. The molecule has 0 aliphatic carbocycles. The molecule has 6 rings (SSSR count). The summed E-state index contributed by atoms with van der Waals surface area (Å²) in [5.41, 5.74) is 14.1. The van der Waals surface area contributed by atoms with E-state index in [2.05, 4.69) is 77.4 Å². The number of aromatic nitrogens is 3. The lowest BCUT2D eigenvalue weighted by atomic mass is 9.98. The maximum absolute atomic E-state index is 6.99. The van der Waals surface area contributed by atoms with Crippen molar-refractivity contribution in [2.24, 2.45) is 0 Å². The van der Waals surface area contributed by atoms with Crippen molar-refractivity contribution in [3.05, 3.63) is 132 Å². The van der Waals surface area contributed by atoms with E-state index in [4.69, 9.17) is 22.9 Å². The average molecular weight is 485 g/mol. The van der Waals surface area contributed by atoms with Crippen molar-refractivity contribution >= 4 is 29.1 Å². The molecule has 6 aromatic rings. The quantitative estimate of drug-likeness (QED) is 0.257. The Labute approximate surface area is 214 Å². The normalized spacial score (nSPS) is 11.1. The van der Waals surface area contributed by atoms with E-state index in [0.29, 0.717) is 17.1 Å². The van der Waals surface area contributed by atoms with E-state index >= 15 is 0 Å². The molecule has 0 aliphatic heterocycles. The van der Waals surface area contributed by atoms with Gasteiger partial charge >= 0.3 is 0 Å². The third-order valence-corrected chi connectivity index (χ3v) is 6.71. The van der Waals surface area contributed by atoms with Gasteiger partial charge in [-0.1, -0.05) is 109 Å². The van der Waals surface area contributed by atoms with E-state index in [0.717, 1.165) is 39.1 Å². The molecule has 0 spiro atoms. The second-order valence-electron chi connectivity index (χ2n) is 8.68. The Kier molecular flexibility index (Phi) is 5.68. The van der Waals surface area contributed by atoms with Crippen LogP contribution >= 0.6 is 12.2 Å². The van der Waals surface area contributed by atoms with Crippen LogP contribution in [0.25, 0.3) is 39.1 Å². The van der Waals surface area contributed by atoms with Crippen molar-refractivity contribution in [2.45, 2.75) is 6.54 Å². The third kappa shape index (κ3) is 3.80. The molecular formula is C31H24N4S. The zero-order valence-corrected chi connectivity index (χ0v) is 20.4. The molecule has 4 aromatic carbocycles. The number of hydrogen-bond acceptors (Lipinski definition) is 3. The summed E-state index contributed by atoms with van der Waals surface area (Å²) in [4.78, 5) is 5.00. The van der Waals surface area contributed by atoms with Gasteiger partial charge < -0.3 is 10.3 Å². The third-order valence-electron chi connectivity index (χ3n) is 6.43. The van der Waals surface area contributed by atoms with Crippen LogP contribution in [0.5, 0.6) is 0 Å². The van der Waals surface area contributed by atoms with Crippen molar-refractivity contribution in [1.29, 1.82) is 0 Å². The van der Waals surface area contributed by atoms with Crippen molar-refractivity contribution < 1.29 is 0 Å². The standard InChI is InChI=1S/C31H24N4S/c32-29-27-26(23-15-7-2-8-16-23)28(24-17-9-3-10-18-24)34(21-22-13-5-1-6-14-22)30(27)33-31(36)35(29)25-19-11-4-12-20-25/h1-20H,21,32H2. The van der Waals surface area contributed by atoms with Gasteiger partial charge in [-0.15, -0.1) is 0 Å². The van der Waals surface area contributed by atoms with Gasteiger partial charge in [0, 0.05) is 17.8 Å². The molecule has 0 unspecified atom stereocenters. The molecule has 0 amide bonds. The van der Waals surface area contributed by atoms with Crippen LogP contribution in [0.4, 0.5) is 5.82 Å². The highest BCUT2D eigenvalue weighted by atomic mass is 32.1. The molecule has 0 radical (unpaired) electrons. The highest BCUT2D eigenvalue weighted by Gasteiger charge is 2.25. The first-order valence-electron chi connectivity index (χ1n) is 11.9. The fraction of sp³-hybridized carbons (Fsp3) is 0.0323. The van der Waals surface area contributed by atoms with Gasteiger partial charge in [0.15, 0.2) is 0 Å². The van der Waals surface area contributed by atoms with E-state index in [1.807, 2.05) is 53.1 Å². The fourth-order valence-corrected chi connectivity index (χ4v) is 5.14. The molecule has 2 N–H and O–H groups in total. The molecule has 5 heteroatoms. The van der Waals surface area contributed by atoms with Gasteiger partial charge in [-0.25, -0.2) is 4.98 Å². The Hall–Kier alpha value is -4.48. The van der Waals surface area contributed by atoms with E-state index in [-0.39, 0.29) is 0 Å². The van der Waals surface area contributed by atoms with Gasteiger partial charge in [0.05, 0.1) is 11.1 Å². The SMILES string of the molecule is Nc1c2c(-c3ccccc3)c(-c3ccccc3)n(Cc3ccccc3)c2nc(=S)n1-c1ccccc1. The van der Waals surface area contributed by atoms with Crippen LogP contribution in [-0.2, 0) is 6.54 Å². The van der Waals surface area contributed by atoms with Crippen LogP contribution in [0.2, 0.25) is 0 Å². The molecule has 0 saturated carbocycles. The molecule has 2 aromatic heterocycles. The number of rotatable bonds is 5. The molecular weight excluding hydrogens is 460 g/mol. The van der Waals surface area contributed by atoms with Crippen LogP contribution in [0, 0.1) is 4.77 Å². The fourth-order valence-electron chi connectivity index (χ4n) is 4.85. The second kappa shape index (κ2) is 9.29. The monoisotopic (exact) mass is 484 g/mol. The highest BCUT2D eigenvalue weighted by Crippen LogP contribution is 2.43. The van der Waals surface area contributed by atoms with Gasteiger partial charge in [0.2, 0.25) is 4.77 Å². The summed E-state index contributed by atoms with van der Waals surface area (Å²) >= 11 is 5.82. The number of fused-ring (bicyclic) bond motifs is 1. The van der Waals surface area contributed by atoms with E-state index < -0.39 is 0 Å². The number of nitrogen functional groups attached to an aromatic ring is 1. The Balaban J connectivity index is 1.78. The molecule has 174 valence electrons. The zero-order chi connectivity index (χ0) is 24.5. The van der Waals surface area contributed by atoms with Crippen molar-refractivity contribution in [3.8, 4) is 28.1 Å². The van der Waals surface area contributed by atoms with Crippen LogP contribution in [0.3, 0.4) is 0 Å². The summed E-state index contributed by atoms with van der Waals surface area (Å²) in [6.45, 7) is 0.644. The van der Waals surface area contributed by atoms with Gasteiger partial charge in [-0.2, -0.15) is 0 Å². The lowest BCUT2D eigenvalue weighted by Gasteiger charge is -2.13. The van der Waals surface area contributed by atoms with Gasteiger partial charge in [0.25, 0.3) is 0 Å². The van der Waals surface area contributed by atoms with Crippen LogP contribution < -0.4 is 5.73 Å². The van der Waals surface area contributed by atoms with Crippen molar-refractivity contribution in [3.63, 3.8) is 0 Å². The maximum Gasteiger partial charge on any atom is 0.207 e. The van der Waals surface area contributed by atoms with Crippen LogP contribution in [0.1, 0.15) is 5.56 Å². The lowest BCUT2D eigenvalue weighted by molar-refractivity contribution is 0.826. The Bertz CT molecular complexity index is 1710.